The van der Waals surface area contributed by atoms with Gasteiger partial charge in [-0.1, -0.05) is 12.1 Å². The molecule has 0 heterocycles. The first-order valence-electron chi connectivity index (χ1n) is 5.11. The van der Waals surface area contributed by atoms with Crippen LogP contribution in [0, 0.1) is 5.82 Å². The molecule has 0 aromatic heterocycles. The van der Waals surface area contributed by atoms with Gasteiger partial charge in [0, 0.05) is 12.3 Å². The predicted molar refractivity (Wildman–Crippen MR) is 70.4 cm³/mol. The van der Waals surface area contributed by atoms with Crippen LogP contribution in [0.2, 0.25) is 0 Å². The van der Waals surface area contributed by atoms with Crippen molar-refractivity contribution >= 4 is 25.8 Å². The zero-order valence-electron chi connectivity index (χ0n) is 9.70. The van der Waals surface area contributed by atoms with Gasteiger partial charge in [-0.25, -0.2) is 12.8 Å². The van der Waals surface area contributed by atoms with Gasteiger partial charge in [-0.3, -0.25) is 0 Å². The molecule has 1 aromatic carbocycles. The van der Waals surface area contributed by atoms with Gasteiger partial charge in [0.25, 0.3) is 0 Å². The summed E-state index contributed by atoms with van der Waals surface area (Å²) in [5.41, 5.74) is 0.757. The summed E-state index contributed by atoms with van der Waals surface area (Å²) in [6.45, 7) is 0. The highest BCUT2D eigenvalue weighted by Crippen LogP contribution is 2.21. The van der Waals surface area contributed by atoms with Crippen LogP contribution in [-0.2, 0) is 16.3 Å². The summed E-state index contributed by atoms with van der Waals surface area (Å²) in [4.78, 5) is 0. The number of benzene rings is 1. The maximum absolute atomic E-state index is 13.3. The molecule has 0 spiro atoms. The standard InChI is InChI=1S/C11H15BrFNO2S/c1-14-9(7-17(2,15)16)6-8-4-3-5-10(13)11(8)12/h3-5,9,14H,6-7H2,1-2H3. The lowest BCUT2D eigenvalue weighted by Crippen LogP contribution is -2.34. The molecule has 0 aliphatic heterocycles. The number of halogens is 2. The summed E-state index contributed by atoms with van der Waals surface area (Å²) in [6.07, 6.45) is 1.65. The summed E-state index contributed by atoms with van der Waals surface area (Å²) in [5, 5.41) is 2.93. The molecule has 96 valence electrons. The van der Waals surface area contributed by atoms with Crippen molar-refractivity contribution < 1.29 is 12.8 Å². The molecule has 0 aliphatic carbocycles. The van der Waals surface area contributed by atoms with E-state index >= 15 is 0 Å². The fourth-order valence-electron chi connectivity index (χ4n) is 1.58. The van der Waals surface area contributed by atoms with E-state index in [9.17, 15) is 12.8 Å². The van der Waals surface area contributed by atoms with E-state index in [1.807, 2.05) is 0 Å². The Bertz CT molecular complexity index is 490. The van der Waals surface area contributed by atoms with Crippen LogP contribution in [-0.4, -0.2) is 33.5 Å². The zero-order valence-corrected chi connectivity index (χ0v) is 12.1. The fourth-order valence-corrected chi connectivity index (χ4v) is 3.02. The van der Waals surface area contributed by atoms with Gasteiger partial charge in [0.05, 0.1) is 10.2 Å². The van der Waals surface area contributed by atoms with Crippen LogP contribution >= 0.6 is 15.9 Å². The monoisotopic (exact) mass is 323 g/mol. The Kier molecular flexibility index (Phi) is 5.09. The van der Waals surface area contributed by atoms with Crippen molar-refractivity contribution in [3.63, 3.8) is 0 Å². The highest BCUT2D eigenvalue weighted by molar-refractivity contribution is 9.10. The molecule has 1 rings (SSSR count). The van der Waals surface area contributed by atoms with E-state index in [0.717, 1.165) is 5.56 Å². The molecular formula is C11H15BrFNO2S. The van der Waals surface area contributed by atoms with Gasteiger partial charge in [0.1, 0.15) is 15.7 Å². The van der Waals surface area contributed by atoms with Crippen LogP contribution in [0.15, 0.2) is 22.7 Å². The predicted octanol–water partition coefficient (Wildman–Crippen LogP) is 1.76. The molecule has 1 unspecified atom stereocenters. The first-order chi connectivity index (χ1) is 7.83. The maximum Gasteiger partial charge on any atom is 0.148 e. The summed E-state index contributed by atoms with van der Waals surface area (Å²) < 4.78 is 36.1. The van der Waals surface area contributed by atoms with E-state index in [-0.39, 0.29) is 17.6 Å². The molecule has 0 amide bonds. The van der Waals surface area contributed by atoms with Crippen LogP contribution in [0.5, 0.6) is 0 Å². The molecule has 3 nitrogen and oxygen atoms in total. The van der Waals surface area contributed by atoms with Crippen molar-refractivity contribution in [2.45, 2.75) is 12.5 Å². The summed E-state index contributed by atoms with van der Waals surface area (Å²) in [5.74, 6) is -0.302. The highest BCUT2D eigenvalue weighted by Gasteiger charge is 2.16. The SMILES string of the molecule is CNC(Cc1cccc(F)c1Br)CS(C)(=O)=O. The van der Waals surface area contributed by atoms with Gasteiger partial charge < -0.3 is 5.32 Å². The lowest BCUT2D eigenvalue weighted by molar-refractivity contribution is 0.563. The molecule has 0 aliphatic rings. The Morgan fingerprint density at radius 3 is 2.65 bits per heavy atom. The molecule has 0 saturated heterocycles. The number of sulfone groups is 1. The van der Waals surface area contributed by atoms with Crippen LogP contribution in [0.1, 0.15) is 5.56 Å². The second kappa shape index (κ2) is 5.93. The van der Waals surface area contributed by atoms with E-state index in [4.69, 9.17) is 0 Å². The Hall–Kier alpha value is -0.460. The van der Waals surface area contributed by atoms with Gasteiger partial charge in [-0.05, 0) is 41.0 Å². The molecule has 1 atom stereocenters. The fraction of sp³-hybridized carbons (Fsp3) is 0.455. The number of nitrogens with one attached hydrogen (secondary N) is 1. The minimum atomic E-state index is -3.05. The average molecular weight is 324 g/mol. The van der Waals surface area contributed by atoms with Crippen LogP contribution in [0.25, 0.3) is 0 Å². The van der Waals surface area contributed by atoms with Crippen LogP contribution in [0.3, 0.4) is 0 Å². The Morgan fingerprint density at radius 2 is 2.12 bits per heavy atom. The van der Waals surface area contributed by atoms with Crippen molar-refractivity contribution in [1.29, 1.82) is 0 Å². The zero-order chi connectivity index (χ0) is 13.1. The first kappa shape index (κ1) is 14.6. The van der Waals surface area contributed by atoms with Crippen molar-refractivity contribution in [3.8, 4) is 0 Å². The average Bonchev–Trinajstić information content (AvgIpc) is 2.21. The van der Waals surface area contributed by atoms with Crippen molar-refractivity contribution in [2.24, 2.45) is 0 Å². The van der Waals surface area contributed by atoms with Crippen LogP contribution < -0.4 is 5.32 Å². The molecule has 0 saturated carbocycles. The third-order valence-corrected chi connectivity index (χ3v) is 4.31. The second-order valence-corrected chi connectivity index (χ2v) is 6.97. The van der Waals surface area contributed by atoms with Crippen molar-refractivity contribution in [2.75, 3.05) is 19.1 Å². The number of hydrogen-bond donors (Lipinski definition) is 1. The maximum atomic E-state index is 13.3. The lowest BCUT2D eigenvalue weighted by Gasteiger charge is -2.16. The number of rotatable bonds is 5. The molecule has 0 fully saturated rings. The van der Waals surface area contributed by atoms with E-state index in [2.05, 4.69) is 21.2 Å². The third kappa shape index (κ3) is 4.73. The van der Waals surface area contributed by atoms with Gasteiger partial charge in [0.2, 0.25) is 0 Å². The third-order valence-electron chi connectivity index (χ3n) is 2.41. The minimum absolute atomic E-state index is 0.0342. The Labute approximate surface area is 109 Å². The van der Waals surface area contributed by atoms with E-state index in [0.29, 0.717) is 10.9 Å². The normalized spacial score (nSPS) is 13.6. The molecule has 1 N–H and O–H groups in total. The molecular weight excluding hydrogens is 309 g/mol. The molecule has 0 radical (unpaired) electrons. The minimum Gasteiger partial charge on any atom is -0.316 e. The largest absolute Gasteiger partial charge is 0.316 e. The van der Waals surface area contributed by atoms with E-state index in [1.165, 1.54) is 12.3 Å². The van der Waals surface area contributed by atoms with Gasteiger partial charge in [-0.15, -0.1) is 0 Å². The number of hydrogen-bond acceptors (Lipinski definition) is 3. The lowest BCUT2D eigenvalue weighted by atomic mass is 10.1. The van der Waals surface area contributed by atoms with Gasteiger partial charge in [-0.2, -0.15) is 0 Å². The Balaban J connectivity index is 2.85. The van der Waals surface area contributed by atoms with E-state index in [1.54, 1.807) is 19.2 Å². The molecule has 17 heavy (non-hydrogen) atoms. The van der Waals surface area contributed by atoms with Crippen molar-refractivity contribution in [3.05, 3.63) is 34.1 Å². The van der Waals surface area contributed by atoms with E-state index < -0.39 is 9.84 Å². The highest BCUT2D eigenvalue weighted by atomic mass is 79.9. The molecule has 6 heteroatoms. The van der Waals surface area contributed by atoms with Crippen LogP contribution in [0.4, 0.5) is 4.39 Å². The topological polar surface area (TPSA) is 46.2 Å². The molecule has 0 bridgehead atoms. The summed E-state index contributed by atoms with van der Waals surface area (Å²) in [7, 11) is -1.35. The smallest absolute Gasteiger partial charge is 0.148 e. The second-order valence-electron chi connectivity index (χ2n) is 4.00. The summed E-state index contributed by atoms with van der Waals surface area (Å²) >= 11 is 3.17. The van der Waals surface area contributed by atoms with Crippen molar-refractivity contribution in [1.82, 2.24) is 5.32 Å². The van der Waals surface area contributed by atoms with Gasteiger partial charge >= 0.3 is 0 Å². The summed E-state index contributed by atoms with van der Waals surface area (Å²) in [6, 6.07) is 4.53. The quantitative estimate of drug-likeness (QED) is 0.898. The Morgan fingerprint density at radius 1 is 1.47 bits per heavy atom. The number of likely N-dealkylation sites (N-methyl/N-ethyl adjacent to an activating group) is 1. The first-order valence-corrected chi connectivity index (χ1v) is 7.96. The van der Waals surface area contributed by atoms with Gasteiger partial charge in [0.15, 0.2) is 0 Å². The molecule has 1 aromatic rings.